The van der Waals surface area contributed by atoms with E-state index in [1.54, 1.807) is 4.90 Å². The summed E-state index contributed by atoms with van der Waals surface area (Å²) >= 11 is 0. The summed E-state index contributed by atoms with van der Waals surface area (Å²) in [6, 6.07) is 4.87. The molecule has 1 aliphatic rings. The smallest absolute Gasteiger partial charge is 0.240 e. The van der Waals surface area contributed by atoms with Gasteiger partial charge in [0, 0.05) is 26.1 Å². The Morgan fingerprint density at radius 3 is 2.45 bits per heavy atom. The molecule has 2 rings (SSSR count). The van der Waals surface area contributed by atoms with E-state index >= 15 is 0 Å². The zero-order valence-corrected chi connectivity index (χ0v) is 12.0. The van der Waals surface area contributed by atoms with Crippen LogP contribution in [0.2, 0.25) is 0 Å². The summed E-state index contributed by atoms with van der Waals surface area (Å²) in [5.74, 6) is -0.533. The van der Waals surface area contributed by atoms with E-state index in [4.69, 9.17) is 0 Å². The molecule has 110 valence electrons. The summed E-state index contributed by atoms with van der Waals surface area (Å²) in [6.45, 7) is 1.98. The van der Waals surface area contributed by atoms with Crippen molar-refractivity contribution in [2.24, 2.45) is 0 Å². The van der Waals surface area contributed by atoms with Crippen LogP contribution in [0.4, 0.5) is 4.39 Å². The molecule has 0 heterocycles. The van der Waals surface area contributed by atoms with E-state index < -0.39 is 15.8 Å². The molecule has 0 unspecified atom stereocenters. The predicted molar refractivity (Wildman–Crippen MR) is 72.0 cm³/mol. The van der Waals surface area contributed by atoms with Gasteiger partial charge < -0.3 is 4.90 Å². The predicted octanol–water partition coefficient (Wildman–Crippen LogP) is 1.11. The number of carbonyl (C=O) groups is 1. The number of carbonyl (C=O) groups excluding carboxylic acids is 1. The van der Waals surface area contributed by atoms with Crippen molar-refractivity contribution >= 4 is 15.9 Å². The van der Waals surface area contributed by atoms with Gasteiger partial charge >= 0.3 is 0 Å². The molecule has 1 aliphatic carbocycles. The van der Waals surface area contributed by atoms with Crippen LogP contribution in [0.1, 0.15) is 19.8 Å². The summed E-state index contributed by atoms with van der Waals surface area (Å²) < 4.78 is 39.1. The number of rotatable bonds is 6. The number of nitrogens with one attached hydrogen (secondary N) is 1. The highest BCUT2D eigenvalue weighted by Crippen LogP contribution is 2.26. The van der Waals surface area contributed by atoms with Crippen LogP contribution >= 0.6 is 0 Å². The highest BCUT2D eigenvalue weighted by molar-refractivity contribution is 7.89. The van der Waals surface area contributed by atoms with E-state index in [2.05, 4.69) is 4.72 Å². The van der Waals surface area contributed by atoms with Gasteiger partial charge in [-0.2, -0.15) is 0 Å². The van der Waals surface area contributed by atoms with E-state index in [-0.39, 0.29) is 23.4 Å². The van der Waals surface area contributed by atoms with Crippen LogP contribution < -0.4 is 4.72 Å². The van der Waals surface area contributed by atoms with Crippen LogP contribution in [0.5, 0.6) is 0 Å². The molecular formula is C13H17FN2O3S. The molecule has 5 nitrogen and oxygen atoms in total. The Labute approximate surface area is 117 Å². The molecule has 1 amide bonds. The molecule has 0 aliphatic heterocycles. The van der Waals surface area contributed by atoms with Gasteiger partial charge in [0.1, 0.15) is 5.82 Å². The Bertz CT molecular complexity index is 582. The van der Waals surface area contributed by atoms with E-state index in [0.717, 1.165) is 25.0 Å². The summed E-state index contributed by atoms with van der Waals surface area (Å²) in [4.78, 5) is 13.1. The molecule has 0 saturated heterocycles. The van der Waals surface area contributed by atoms with E-state index in [9.17, 15) is 17.6 Å². The molecule has 1 aromatic rings. The van der Waals surface area contributed by atoms with Crippen LogP contribution in [0.3, 0.4) is 0 Å². The van der Waals surface area contributed by atoms with E-state index in [1.807, 2.05) is 0 Å². The third kappa shape index (κ3) is 3.77. The minimum atomic E-state index is -3.66. The van der Waals surface area contributed by atoms with Gasteiger partial charge in [0.2, 0.25) is 15.9 Å². The molecule has 1 aromatic carbocycles. The highest BCUT2D eigenvalue weighted by atomic mass is 32.2. The van der Waals surface area contributed by atoms with Crippen LogP contribution in [-0.2, 0) is 14.8 Å². The van der Waals surface area contributed by atoms with Crippen LogP contribution in [-0.4, -0.2) is 38.4 Å². The third-order valence-corrected chi connectivity index (χ3v) is 4.64. The summed E-state index contributed by atoms with van der Waals surface area (Å²) in [6.07, 6.45) is 1.95. The van der Waals surface area contributed by atoms with Crippen molar-refractivity contribution in [1.29, 1.82) is 0 Å². The highest BCUT2D eigenvalue weighted by Gasteiger charge is 2.30. The minimum Gasteiger partial charge on any atom is -0.339 e. The number of hydrogen-bond donors (Lipinski definition) is 1. The average molecular weight is 300 g/mol. The molecule has 1 fully saturated rings. The average Bonchev–Trinajstić information content (AvgIpc) is 3.19. The largest absolute Gasteiger partial charge is 0.339 e. The second-order valence-electron chi connectivity index (χ2n) is 4.80. The van der Waals surface area contributed by atoms with Crippen molar-refractivity contribution in [2.45, 2.75) is 30.7 Å². The van der Waals surface area contributed by atoms with Gasteiger partial charge in [0.05, 0.1) is 4.90 Å². The maximum atomic E-state index is 12.8. The standard InChI is InChI=1S/C13H17FN2O3S/c1-10(17)16(12-4-5-12)9-8-15-20(18,19)13-6-2-11(14)3-7-13/h2-3,6-7,12,15H,4-5,8-9H2,1H3. The summed E-state index contributed by atoms with van der Waals surface area (Å²) in [7, 11) is -3.66. The number of sulfonamides is 1. The lowest BCUT2D eigenvalue weighted by Crippen LogP contribution is -2.38. The molecule has 1 saturated carbocycles. The van der Waals surface area contributed by atoms with Crippen molar-refractivity contribution < 1.29 is 17.6 Å². The lowest BCUT2D eigenvalue weighted by atomic mass is 10.4. The first-order valence-corrected chi connectivity index (χ1v) is 7.91. The lowest BCUT2D eigenvalue weighted by Gasteiger charge is -2.20. The number of hydrogen-bond acceptors (Lipinski definition) is 3. The molecule has 0 bridgehead atoms. The molecule has 0 radical (unpaired) electrons. The molecule has 20 heavy (non-hydrogen) atoms. The van der Waals surface area contributed by atoms with Gasteiger partial charge in [-0.1, -0.05) is 0 Å². The second-order valence-corrected chi connectivity index (χ2v) is 6.56. The van der Waals surface area contributed by atoms with Gasteiger partial charge in [-0.15, -0.1) is 0 Å². The van der Waals surface area contributed by atoms with Gasteiger partial charge in [0.25, 0.3) is 0 Å². The van der Waals surface area contributed by atoms with Gasteiger partial charge in [-0.25, -0.2) is 17.5 Å². The van der Waals surface area contributed by atoms with Crippen molar-refractivity contribution in [1.82, 2.24) is 9.62 Å². The Kier molecular flexibility index (Phi) is 4.39. The fraction of sp³-hybridized carbons (Fsp3) is 0.462. The SMILES string of the molecule is CC(=O)N(CCNS(=O)(=O)c1ccc(F)cc1)C1CC1. The molecule has 0 spiro atoms. The summed E-state index contributed by atoms with van der Waals surface area (Å²) in [5, 5.41) is 0. The quantitative estimate of drug-likeness (QED) is 0.856. The number of amides is 1. The Morgan fingerprint density at radius 2 is 1.95 bits per heavy atom. The van der Waals surface area contributed by atoms with Gasteiger partial charge in [0.15, 0.2) is 0 Å². The zero-order valence-electron chi connectivity index (χ0n) is 11.2. The molecule has 0 atom stereocenters. The third-order valence-electron chi connectivity index (χ3n) is 3.16. The monoisotopic (exact) mass is 300 g/mol. The Hall–Kier alpha value is -1.47. The molecular weight excluding hydrogens is 283 g/mol. The Morgan fingerprint density at radius 1 is 1.35 bits per heavy atom. The van der Waals surface area contributed by atoms with Crippen molar-refractivity contribution in [3.05, 3.63) is 30.1 Å². The zero-order chi connectivity index (χ0) is 14.8. The molecule has 1 N–H and O–H groups in total. The second kappa shape index (κ2) is 5.88. The first-order valence-electron chi connectivity index (χ1n) is 6.42. The number of benzene rings is 1. The maximum Gasteiger partial charge on any atom is 0.240 e. The minimum absolute atomic E-state index is 0.0136. The fourth-order valence-electron chi connectivity index (χ4n) is 1.98. The lowest BCUT2D eigenvalue weighted by molar-refractivity contribution is -0.129. The van der Waals surface area contributed by atoms with Crippen molar-refractivity contribution in [3.63, 3.8) is 0 Å². The number of halogens is 1. The summed E-state index contributed by atoms with van der Waals surface area (Å²) in [5.41, 5.74) is 0. The van der Waals surface area contributed by atoms with Crippen LogP contribution in [0, 0.1) is 5.82 Å². The van der Waals surface area contributed by atoms with Crippen LogP contribution in [0.25, 0.3) is 0 Å². The first-order chi connectivity index (χ1) is 9.40. The molecule has 7 heteroatoms. The van der Waals surface area contributed by atoms with Crippen molar-refractivity contribution in [2.75, 3.05) is 13.1 Å². The van der Waals surface area contributed by atoms with Crippen LogP contribution in [0.15, 0.2) is 29.2 Å². The first kappa shape index (κ1) is 14.9. The normalized spacial score (nSPS) is 15.1. The molecule has 0 aromatic heterocycles. The maximum absolute atomic E-state index is 12.8. The van der Waals surface area contributed by atoms with Gasteiger partial charge in [-0.3, -0.25) is 4.79 Å². The fourth-order valence-corrected chi connectivity index (χ4v) is 3.00. The van der Waals surface area contributed by atoms with E-state index in [1.165, 1.54) is 19.1 Å². The Balaban J connectivity index is 1.92. The van der Waals surface area contributed by atoms with E-state index in [0.29, 0.717) is 6.54 Å². The van der Waals surface area contributed by atoms with Gasteiger partial charge in [-0.05, 0) is 37.1 Å². The number of nitrogens with zero attached hydrogens (tertiary/aromatic N) is 1. The van der Waals surface area contributed by atoms with Crippen molar-refractivity contribution in [3.8, 4) is 0 Å². The topological polar surface area (TPSA) is 66.5 Å².